The van der Waals surface area contributed by atoms with Crippen molar-refractivity contribution in [2.45, 2.75) is 0 Å². The maximum atomic E-state index is 6.08. The first-order valence-electron chi connectivity index (χ1n) is 5.22. The fourth-order valence-corrected chi connectivity index (χ4v) is 1.82. The molecular formula is C11H9ClN6. The number of nitrogens with zero attached hydrogens (tertiary/aromatic N) is 3. The van der Waals surface area contributed by atoms with Crippen LogP contribution in [0.3, 0.4) is 0 Å². The molecule has 7 heteroatoms. The Labute approximate surface area is 107 Å². The molecule has 0 aliphatic rings. The lowest BCUT2D eigenvalue weighted by atomic mass is 10.3. The highest BCUT2D eigenvalue weighted by Crippen LogP contribution is 2.27. The highest BCUT2D eigenvalue weighted by molar-refractivity contribution is 6.33. The molecule has 0 aliphatic carbocycles. The normalized spacial score (nSPS) is 10.7. The number of aromatic amines is 1. The van der Waals surface area contributed by atoms with Gasteiger partial charge in [0.2, 0.25) is 5.95 Å². The van der Waals surface area contributed by atoms with Gasteiger partial charge in [-0.25, -0.2) is 0 Å². The van der Waals surface area contributed by atoms with Gasteiger partial charge >= 0.3 is 0 Å². The Morgan fingerprint density at radius 3 is 2.89 bits per heavy atom. The minimum Gasteiger partial charge on any atom is -0.368 e. The topological polar surface area (TPSA) is 92.5 Å². The predicted octanol–water partition coefficient (Wildman–Crippen LogP) is 2.33. The molecule has 0 aliphatic heterocycles. The van der Waals surface area contributed by atoms with E-state index in [1.807, 2.05) is 18.2 Å². The molecule has 0 amide bonds. The van der Waals surface area contributed by atoms with Gasteiger partial charge in [-0.2, -0.15) is 15.1 Å². The van der Waals surface area contributed by atoms with E-state index in [9.17, 15) is 0 Å². The summed E-state index contributed by atoms with van der Waals surface area (Å²) in [6.07, 6.45) is 1.63. The molecule has 90 valence electrons. The summed E-state index contributed by atoms with van der Waals surface area (Å²) in [7, 11) is 0. The number of rotatable bonds is 2. The first kappa shape index (κ1) is 10.8. The van der Waals surface area contributed by atoms with Crippen LogP contribution in [-0.4, -0.2) is 20.2 Å². The molecule has 4 N–H and O–H groups in total. The van der Waals surface area contributed by atoms with Gasteiger partial charge in [0, 0.05) is 0 Å². The number of para-hydroxylation sites is 1. The zero-order valence-electron chi connectivity index (χ0n) is 9.18. The molecule has 3 rings (SSSR count). The number of anilines is 3. The quantitative estimate of drug-likeness (QED) is 0.658. The van der Waals surface area contributed by atoms with Crippen LogP contribution in [0.2, 0.25) is 5.02 Å². The molecule has 0 unspecified atom stereocenters. The molecule has 0 saturated heterocycles. The maximum absolute atomic E-state index is 6.08. The summed E-state index contributed by atoms with van der Waals surface area (Å²) in [6.45, 7) is 0. The fraction of sp³-hybridized carbons (Fsp3) is 0. The van der Waals surface area contributed by atoms with Gasteiger partial charge in [0.05, 0.1) is 22.3 Å². The smallest absolute Gasteiger partial charge is 0.224 e. The Balaban J connectivity index is 2.10. The third-order valence-electron chi connectivity index (χ3n) is 2.45. The largest absolute Gasteiger partial charge is 0.368 e. The minimum atomic E-state index is 0.168. The average molecular weight is 261 g/mol. The van der Waals surface area contributed by atoms with Gasteiger partial charge in [-0.3, -0.25) is 5.10 Å². The fourth-order valence-electron chi connectivity index (χ4n) is 1.64. The van der Waals surface area contributed by atoms with Gasteiger partial charge in [-0.05, 0) is 12.1 Å². The Hall–Kier alpha value is -2.34. The highest BCUT2D eigenvalue weighted by atomic mass is 35.5. The van der Waals surface area contributed by atoms with Crippen molar-refractivity contribution in [2.75, 3.05) is 11.1 Å². The molecule has 0 saturated carbocycles. The van der Waals surface area contributed by atoms with Crippen molar-refractivity contribution in [1.29, 1.82) is 0 Å². The molecule has 0 fully saturated rings. The molecule has 0 spiro atoms. The van der Waals surface area contributed by atoms with Crippen LogP contribution in [-0.2, 0) is 0 Å². The van der Waals surface area contributed by atoms with E-state index < -0.39 is 0 Å². The molecular weight excluding hydrogens is 252 g/mol. The summed E-state index contributed by atoms with van der Waals surface area (Å²) in [5.41, 5.74) is 6.96. The van der Waals surface area contributed by atoms with E-state index in [-0.39, 0.29) is 5.95 Å². The summed E-state index contributed by atoms with van der Waals surface area (Å²) in [4.78, 5) is 8.18. The predicted molar refractivity (Wildman–Crippen MR) is 70.8 cm³/mol. The van der Waals surface area contributed by atoms with E-state index in [1.165, 1.54) is 0 Å². The van der Waals surface area contributed by atoms with Crippen molar-refractivity contribution in [3.8, 4) is 0 Å². The number of nitrogens with one attached hydrogen (secondary N) is 2. The zero-order chi connectivity index (χ0) is 12.5. The summed E-state index contributed by atoms with van der Waals surface area (Å²) in [5.74, 6) is 0.737. The number of hydrogen-bond donors (Lipinski definition) is 3. The van der Waals surface area contributed by atoms with E-state index in [0.29, 0.717) is 16.5 Å². The number of hydrogen-bond acceptors (Lipinski definition) is 5. The van der Waals surface area contributed by atoms with E-state index in [1.54, 1.807) is 12.3 Å². The zero-order valence-corrected chi connectivity index (χ0v) is 9.94. The van der Waals surface area contributed by atoms with E-state index >= 15 is 0 Å². The second-order valence-corrected chi connectivity index (χ2v) is 4.07. The van der Waals surface area contributed by atoms with Gasteiger partial charge in [0.15, 0.2) is 5.65 Å². The van der Waals surface area contributed by atoms with E-state index in [4.69, 9.17) is 17.3 Å². The number of nitrogens with two attached hydrogens (primary N) is 1. The van der Waals surface area contributed by atoms with Gasteiger partial charge in [0.25, 0.3) is 0 Å². The molecule has 18 heavy (non-hydrogen) atoms. The monoisotopic (exact) mass is 260 g/mol. The summed E-state index contributed by atoms with van der Waals surface area (Å²) < 4.78 is 0. The number of benzene rings is 1. The third-order valence-corrected chi connectivity index (χ3v) is 2.78. The molecule has 1 aromatic carbocycles. The van der Waals surface area contributed by atoms with Crippen LogP contribution in [0.25, 0.3) is 11.0 Å². The van der Waals surface area contributed by atoms with E-state index in [0.717, 1.165) is 11.1 Å². The van der Waals surface area contributed by atoms with Crippen molar-refractivity contribution in [1.82, 2.24) is 20.2 Å². The molecule has 0 atom stereocenters. The summed E-state index contributed by atoms with van der Waals surface area (Å²) >= 11 is 6.08. The average Bonchev–Trinajstić information content (AvgIpc) is 2.80. The second-order valence-electron chi connectivity index (χ2n) is 3.67. The lowest BCUT2D eigenvalue weighted by molar-refractivity contribution is 1.09. The van der Waals surface area contributed by atoms with Crippen LogP contribution in [0, 0.1) is 0 Å². The molecule has 2 heterocycles. The van der Waals surface area contributed by atoms with Gasteiger partial charge in [-0.15, -0.1) is 0 Å². The number of halogens is 1. The lowest BCUT2D eigenvalue weighted by Gasteiger charge is -2.08. The first-order valence-corrected chi connectivity index (χ1v) is 5.60. The Morgan fingerprint density at radius 2 is 2.06 bits per heavy atom. The van der Waals surface area contributed by atoms with Gasteiger partial charge in [-0.1, -0.05) is 23.7 Å². The third kappa shape index (κ3) is 1.82. The summed E-state index contributed by atoms with van der Waals surface area (Å²) in [5, 5.41) is 11.1. The molecule has 0 radical (unpaired) electrons. The lowest BCUT2D eigenvalue weighted by Crippen LogP contribution is -2.01. The molecule has 3 aromatic rings. The number of H-pyrrole nitrogens is 1. The van der Waals surface area contributed by atoms with Crippen molar-refractivity contribution in [3.05, 3.63) is 35.5 Å². The first-order chi connectivity index (χ1) is 8.74. The Bertz CT molecular complexity index is 708. The van der Waals surface area contributed by atoms with Crippen LogP contribution in [0.15, 0.2) is 30.5 Å². The van der Waals surface area contributed by atoms with Crippen molar-refractivity contribution < 1.29 is 0 Å². The highest BCUT2D eigenvalue weighted by Gasteiger charge is 2.09. The summed E-state index contributed by atoms with van der Waals surface area (Å²) in [6, 6.07) is 7.38. The van der Waals surface area contributed by atoms with Crippen molar-refractivity contribution in [3.63, 3.8) is 0 Å². The minimum absolute atomic E-state index is 0.168. The number of aromatic nitrogens is 4. The Kier molecular flexibility index (Phi) is 2.49. The molecule has 0 bridgehead atoms. The van der Waals surface area contributed by atoms with Crippen LogP contribution in [0.5, 0.6) is 0 Å². The van der Waals surface area contributed by atoms with Crippen LogP contribution >= 0.6 is 11.6 Å². The van der Waals surface area contributed by atoms with Gasteiger partial charge < -0.3 is 11.1 Å². The van der Waals surface area contributed by atoms with Crippen LogP contribution in [0.4, 0.5) is 17.5 Å². The Morgan fingerprint density at radius 1 is 1.22 bits per heavy atom. The maximum Gasteiger partial charge on any atom is 0.224 e. The molecule has 6 nitrogen and oxygen atoms in total. The number of fused-ring (bicyclic) bond motifs is 1. The van der Waals surface area contributed by atoms with Gasteiger partial charge in [0.1, 0.15) is 5.82 Å². The van der Waals surface area contributed by atoms with Crippen molar-refractivity contribution >= 4 is 40.1 Å². The second kappa shape index (κ2) is 4.15. The van der Waals surface area contributed by atoms with E-state index in [2.05, 4.69) is 25.5 Å². The standard InChI is InChI=1S/C11H9ClN6/c12-7-3-1-2-4-8(7)15-9-6-5-14-18-10(6)17-11(13)16-9/h1-5H,(H4,13,14,15,16,17,18). The van der Waals surface area contributed by atoms with Crippen molar-refractivity contribution in [2.24, 2.45) is 0 Å². The number of nitrogen functional groups attached to an aromatic ring is 1. The van der Waals surface area contributed by atoms with Crippen LogP contribution < -0.4 is 11.1 Å². The molecule has 2 aromatic heterocycles. The van der Waals surface area contributed by atoms with Crippen LogP contribution in [0.1, 0.15) is 0 Å². The SMILES string of the molecule is Nc1nc(Nc2ccccc2Cl)c2cn[nH]c2n1.